The van der Waals surface area contributed by atoms with Gasteiger partial charge in [0.1, 0.15) is 0 Å². The summed E-state index contributed by atoms with van der Waals surface area (Å²) in [6, 6.07) is 0. The van der Waals surface area contributed by atoms with Crippen molar-refractivity contribution in [2.45, 2.75) is 46.6 Å². The molecule has 0 fully saturated rings. The normalized spacial score (nSPS) is 11.4. The van der Waals surface area contributed by atoms with Crippen molar-refractivity contribution < 1.29 is 0 Å². The molecule has 104 valence electrons. The van der Waals surface area contributed by atoms with E-state index in [0.29, 0.717) is 5.92 Å². The van der Waals surface area contributed by atoms with E-state index in [1.807, 2.05) is 18.3 Å². The lowest BCUT2D eigenvalue weighted by Crippen LogP contribution is -2.12. The molecule has 2 aromatic rings. The highest BCUT2D eigenvalue weighted by Gasteiger charge is 2.14. The van der Waals surface area contributed by atoms with Gasteiger partial charge in [-0.2, -0.15) is 0 Å². The van der Waals surface area contributed by atoms with Gasteiger partial charge in [0.2, 0.25) is 0 Å². The first-order chi connectivity index (χ1) is 9.10. The summed E-state index contributed by atoms with van der Waals surface area (Å²) in [5, 5.41) is 7.85. The van der Waals surface area contributed by atoms with Crippen molar-refractivity contribution in [1.29, 1.82) is 0 Å². The molecular weight excluding hydrogens is 274 g/mol. The molecule has 0 aromatic carbocycles. The second-order valence-electron chi connectivity index (χ2n) is 4.91. The third-order valence-electron chi connectivity index (χ3n) is 2.82. The van der Waals surface area contributed by atoms with E-state index in [1.54, 1.807) is 11.3 Å². The summed E-state index contributed by atoms with van der Waals surface area (Å²) in [4.78, 5) is 10.7. The smallest absolute Gasteiger partial charge is 0.0999 e. The van der Waals surface area contributed by atoms with Crippen LogP contribution < -0.4 is 5.32 Å². The van der Waals surface area contributed by atoms with Crippen molar-refractivity contribution in [1.82, 2.24) is 15.3 Å². The highest BCUT2D eigenvalue weighted by molar-refractivity contribution is 7.12. The minimum Gasteiger partial charge on any atom is -0.312 e. The van der Waals surface area contributed by atoms with Gasteiger partial charge in [0, 0.05) is 22.5 Å². The first-order valence-corrected chi connectivity index (χ1v) is 8.40. The van der Waals surface area contributed by atoms with Crippen molar-refractivity contribution in [2.75, 3.05) is 6.54 Å². The first-order valence-electron chi connectivity index (χ1n) is 6.70. The molecule has 0 amide bonds. The summed E-state index contributed by atoms with van der Waals surface area (Å²) in [7, 11) is 0. The molecule has 0 saturated heterocycles. The molecule has 0 spiro atoms. The van der Waals surface area contributed by atoms with Crippen LogP contribution in [0.5, 0.6) is 0 Å². The molecule has 19 heavy (non-hydrogen) atoms. The number of nitrogens with one attached hydrogen (secondary N) is 1. The zero-order valence-corrected chi connectivity index (χ0v) is 13.6. The molecule has 0 aliphatic carbocycles. The molecule has 0 unspecified atom stereocenters. The van der Waals surface area contributed by atoms with Gasteiger partial charge in [-0.15, -0.1) is 22.7 Å². The van der Waals surface area contributed by atoms with Crippen LogP contribution in [-0.2, 0) is 13.0 Å². The molecule has 2 aromatic heterocycles. The Bertz CT molecular complexity index is 529. The van der Waals surface area contributed by atoms with Gasteiger partial charge in [0.05, 0.1) is 22.1 Å². The Hall–Kier alpha value is -0.780. The van der Waals surface area contributed by atoms with Gasteiger partial charge >= 0.3 is 0 Å². The monoisotopic (exact) mass is 295 g/mol. The van der Waals surface area contributed by atoms with Crippen LogP contribution in [0.2, 0.25) is 0 Å². The standard InChI is InChI=1S/C14H21N3S2/c1-5-15-7-11-14(9(2)3)17-13(19-11)6-12-16-10(4)8-18-12/h8-9,15H,5-7H2,1-4H3. The fourth-order valence-corrected chi connectivity index (χ4v) is 3.98. The summed E-state index contributed by atoms with van der Waals surface area (Å²) in [5.74, 6) is 0.483. The quantitative estimate of drug-likeness (QED) is 0.882. The molecule has 2 rings (SSSR count). The summed E-state index contributed by atoms with van der Waals surface area (Å²) < 4.78 is 0. The molecule has 0 aliphatic heterocycles. The Kier molecular flexibility index (Phi) is 5.07. The van der Waals surface area contributed by atoms with Gasteiger partial charge in [0.25, 0.3) is 0 Å². The van der Waals surface area contributed by atoms with Gasteiger partial charge in [-0.25, -0.2) is 9.97 Å². The number of rotatable bonds is 6. The van der Waals surface area contributed by atoms with E-state index >= 15 is 0 Å². The van der Waals surface area contributed by atoms with Crippen LogP contribution in [0.25, 0.3) is 0 Å². The Labute approximate surface area is 123 Å². The Morgan fingerprint density at radius 2 is 2.05 bits per heavy atom. The molecule has 0 bridgehead atoms. The largest absolute Gasteiger partial charge is 0.312 e. The minimum atomic E-state index is 0.483. The third-order valence-corrected chi connectivity index (χ3v) is 4.86. The number of thiazole rings is 2. The highest BCUT2D eigenvalue weighted by Crippen LogP contribution is 2.27. The van der Waals surface area contributed by atoms with E-state index in [1.165, 1.54) is 15.6 Å². The van der Waals surface area contributed by atoms with Crippen LogP contribution in [0.15, 0.2) is 5.38 Å². The first kappa shape index (κ1) is 14.6. The van der Waals surface area contributed by atoms with Crippen LogP contribution >= 0.6 is 22.7 Å². The van der Waals surface area contributed by atoms with Crippen molar-refractivity contribution in [3.8, 4) is 0 Å². The van der Waals surface area contributed by atoms with Crippen molar-refractivity contribution >= 4 is 22.7 Å². The summed E-state index contributed by atoms with van der Waals surface area (Å²) in [6.45, 7) is 10.5. The SMILES string of the molecule is CCNCc1sc(Cc2nc(C)cs2)nc1C(C)C. The summed E-state index contributed by atoms with van der Waals surface area (Å²) in [5.41, 5.74) is 2.35. The van der Waals surface area contributed by atoms with Gasteiger partial charge in [-0.1, -0.05) is 20.8 Å². The van der Waals surface area contributed by atoms with E-state index in [0.717, 1.165) is 30.2 Å². The van der Waals surface area contributed by atoms with Crippen LogP contribution in [0, 0.1) is 6.92 Å². The van der Waals surface area contributed by atoms with E-state index in [9.17, 15) is 0 Å². The number of hydrogen-bond donors (Lipinski definition) is 1. The van der Waals surface area contributed by atoms with Gasteiger partial charge in [-0.05, 0) is 19.4 Å². The van der Waals surface area contributed by atoms with E-state index in [-0.39, 0.29) is 0 Å². The van der Waals surface area contributed by atoms with Crippen LogP contribution in [-0.4, -0.2) is 16.5 Å². The molecule has 3 nitrogen and oxygen atoms in total. The topological polar surface area (TPSA) is 37.8 Å². The lowest BCUT2D eigenvalue weighted by molar-refractivity contribution is 0.713. The maximum absolute atomic E-state index is 4.81. The highest BCUT2D eigenvalue weighted by atomic mass is 32.1. The molecule has 5 heteroatoms. The Morgan fingerprint density at radius 3 is 2.63 bits per heavy atom. The number of hydrogen-bond acceptors (Lipinski definition) is 5. The molecular formula is C14H21N3S2. The summed E-state index contributed by atoms with van der Waals surface area (Å²) in [6.07, 6.45) is 0.870. The van der Waals surface area contributed by atoms with E-state index in [2.05, 4.69) is 36.5 Å². The van der Waals surface area contributed by atoms with Crippen LogP contribution in [0.4, 0.5) is 0 Å². The van der Waals surface area contributed by atoms with Gasteiger partial charge in [0.15, 0.2) is 0 Å². The third kappa shape index (κ3) is 3.84. The molecule has 0 saturated carbocycles. The maximum atomic E-state index is 4.81. The van der Waals surface area contributed by atoms with Crippen LogP contribution in [0.3, 0.4) is 0 Å². The number of nitrogens with zero attached hydrogens (tertiary/aromatic N) is 2. The second-order valence-corrected chi connectivity index (χ2v) is 7.02. The molecule has 0 radical (unpaired) electrons. The average Bonchev–Trinajstić information content (AvgIpc) is 2.94. The molecule has 1 N–H and O–H groups in total. The minimum absolute atomic E-state index is 0.483. The Balaban J connectivity index is 2.16. The van der Waals surface area contributed by atoms with Crippen LogP contribution in [0.1, 0.15) is 53.0 Å². The van der Waals surface area contributed by atoms with Gasteiger partial charge < -0.3 is 5.32 Å². The lowest BCUT2D eigenvalue weighted by atomic mass is 10.1. The number of aromatic nitrogens is 2. The van der Waals surface area contributed by atoms with E-state index < -0.39 is 0 Å². The Morgan fingerprint density at radius 1 is 1.26 bits per heavy atom. The van der Waals surface area contributed by atoms with Crippen molar-refractivity contribution in [3.05, 3.63) is 31.7 Å². The zero-order valence-electron chi connectivity index (χ0n) is 12.0. The fraction of sp³-hybridized carbons (Fsp3) is 0.571. The molecule has 2 heterocycles. The predicted molar refractivity (Wildman–Crippen MR) is 83.2 cm³/mol. The molecule has 0 aliphatic rings. The molecule has 0 atom stereocenters. The zero-order chi connectivity index (χ0) is 13.8. The lowest BCUT2D eigenvalue weighted by Gasteiger charge is -2.04. The van der Waals surface area contributed by atoms with E-state index in [4.69, 9.17) is 4.98 Å². The summed E-state index contributed by atoms with van der Waals surface area (Å²) >= 11 is 3.55. The fourth-order valence-electron chi connectivity index (χ4n) is 1.92. The predicted octanol–water partition coefficient (Wildman–Crippen LogP) is 3.73. The van der Waals surface area contributed by atoms with Gasteiger partial charge in [-0.3, -0.25) is 0 Å². The average molecular weight is 295 g/mol. The van der Waals surface area contributed by atoms with Crippen molar-refractivity contribution in [3.63, 3.8) is 0 Å². The maximum Gasteiger partial charge on any atom is 0.0999 e. The number of aryl methyl sites for hydroxylation is 1. The van der Waals surface area contributed by atoms with Crippen molar-refractivity contribution in [2.24, 2.45) is 0 Å². The second kappa shape index (κ2) is 6.59.